The Labute approximate surface area is 71.3 Å². The van der Waals surface area contributed by atoms with E-state index in [1.54, 1.807) is 5.47 Å². The second-order valence-electron chi connectivity index (χ2n) is 2.89. The standard InChI is InChI=1S/C7H14BN.C2H6/c1-8(2)7-3-5-9-6-4-7;1-2/h3,9H,4-6H2,1-2H3;1-2H3. The first kappa shape index (κ1) is 10.8. The monoisotopic (exact) mass is 153 g/mol. The Balaban J connectivity index is 0.000000461. The summed E-state index contributed by atoms with van der Waals surface area (Å²) in [5.41, 5.74) is 1.62. The maximum absolute atomic E-state index is 3.29. The van der Waals surface area contributed by atoms with E-state index in [9.17, 15) is 0 Å². The average Bonchev–Trinajstić information content (AvgIpc) is 2.10. The van der Waals surface area contributed by atoms with Crippen LogP contribution in [0.4, 0.5) is 0 Å². The lowest BCUT2D eigenvalue weighted by atomic mass is 9.47. The first-order valence-electron chi connectivity index (χ1n) is 4.70. The van der Waals surface area contributed by atoms with Gasteiger partial charge >= 0.3 is 0 Å². The Morgan fingerprint density at radius 1 is 1.36 bits per heavy atom. The topological polar surface area (TPSA) is 12.0 Å². The molecule has 2 heteroatoms. The molecule has 64 valence electrons. The molecule has 1 nitrogen and oxygen atoms in total. The molecule has 0 spiro atoms. The number of rotatable bonds is 1. The largest absolute Gasteiger partial charge is 0.313 e. The molecular weight excluding hydrogens is 133 g/mol. The Bertz CT molecular complexity index is 119. The van der Waals surface area contributed by atoms with E-state index in [1.165, 1.54) is 13.0 Å². The van der Waals surface area contributed by atoms with Gasteiger partial charge in [-0.1, -0.05) is 33.6 Å². The lowest BCUT2D eigenvalue weighted by Gasteiger charge is -2.14. The fraction of sp³-hybridized carbons (Fsp3) is 0.778. The number of nitrogens with one attached hydrogen (secondary N) is 1. The fourth-order valence-electron chi connectivity index (χ4n) is 1.16. The van der Waals surface area contributed by atoms with E-state index >= 15 is 0 Å². The highest BCUT2D eigenvalue weighted by atomic mass is 14.8. The van der Waals surface area contributed by atoms with Crippen LogP contribution in [-0.2, 0) is 0 Å². The van der Waals surface area contributed by atoms with Crippen molar-refractivity contribution in [1.82, 2.24) is 5.32 Å². The maximum atomic E-state index is 3.29. The van der Waals surface area contributed by atoms with Crippen molar-refractivity contribution >= 4 is 6.71 Å². The summed E-state index contributed by atoms with van der Waals surface area (Å²) in [4.78, 5) is 0. The van der Waals surface area contributed by atoms with Crippen LogP contribution >= 0.6 is 0 Å². The zero-order valence-electron chi connectivity index (χ0n) is 8.28. The zero-order chi connectivity index (χ0) is 8.69. The Hall–Kier alpha value is -0.235. The summed E-state index contributed by atoms with van der Waals surface area (Å²) in [6.07, 6.45) is 3.56. The predicted molar refractivity (Wildman–Crippen MR) is 54.4 cm³/mol. The van der Waals surface area contributed by atoms with Gasteiger partial charge in [0.25, 0.3) is 0 Å². The van der Waals surface area contributed by atoms with Crippen LogP contribution in [0.3, 0.4) is 0 Å². The second-order valence-corrected chi connectivity index (χ2v) is 2.89. The van der Waals surface area contributed by atoms with Gasteiger partial charge in [0.1, 0.15) is 0 Å². The quantitative estimate of drug-likeness (QED) is 0.569. The van der Waals surface area contributed by atoms with Crippen molar-refractivity contribution < 1.29 is 0 Å². The van der Waals surface area contributed by atoms with Crippen LogP contribution in [-0.4, -0.2) is 19.8 Å². The summed E-state index contributed by atoms with van der Waals surface area (Å²) in [7, 11) is 0. The molecule has 0 aliphatic carbocycles. The minimum absolute atomic E-state index is 0.757. The van der Waals surface area contributed by atoms with E-state index in [-0.39, 0.29) is 0 Å². The summed E-state index contributed by atoms with van der Waals surface area (Å²) in [5.74, 6) is 0. The van der Waals surface area contributed by atoms with Gasteiger partial charge in [-0.05, 0) is 13.0 Å². The van der Waals surface area contributed by atoms with Crippen molar-refractivity contribution in [2.75, 3.05) is 13.1 Å². The van der Waals surface area contributed by atoms with Gasteiger partial charge in [-0.15, -0.1) is 5.47 Å². The summed E-state index contributed by atoms with van der Waals surface area (Å²) in [6.45, 7) is 11.5. The molecule has 1 aliphatic heterocycles. The van der Waals surface area contributed by atoms with Gasteiger partial charge in [0.05, 0.1) is 0 Å². The van der Waals surface area contributed by atoms with E-state index in [1.807, 2.05) is 13.8 Å². The third-order valence-electron chi connectivity index (χ3n) is 1.84. The van der Waals surface area contributed by atoms with E-state index in [0.717, 1.165) is 13.3 Å². The van der Waals surface area contributed by atoms with Crippen molar-refractivity contribution in [3.8, 4) is 0 Å². The zero-order valence-corrected chi connectivity index (χ0v) is 8.28. The maximum Gasteiger partial charge on any atom is 0.163 e. The van der Waals surface area contributed by atoms with Crippen LogP contribution in [0, 0.1) is 0 Å². The molecule has 1 heterocycles. The van der Waals surface area contributed by atoms with Crippen LogP contribution in [0.2, 0.25) is 13.6 Å². The smallest absolute Gasteiger partial charge is 0.163 e. The predicted octanol–water partition coefficient (Wildman–Crippen LogP) is 2.23. The van der Waals surface area contributed by atoms with Gasteiger partial charge < -0.3 is 5.32 Å². The van der Waals surface area contributed by atoms with Crippen LogP contribution in [0.1, 0.15) is 20.3 Å². The Morgan fingerprint density at radius 2 is 2.00 bits per heavy atom. The molecule has 0 saturated carbocycles. The third kappa shape index (κ3) is 4.25. The SMILES string of the molecule is CB(C)C1=CCNCC1.CC. The van der Waals surface area contributed by atoms with Crippen molar-refractivity contribution in [3.63, 3.8) is 0 Å². The Morgan fingerprint density at radius 3 is 2.27 bits per heavy atom. The van der Waals surface area contributed by atoms with Gasteiger partial charge in [0.15, 0.2) is 6.71 Å². The molecule has 0 bridgehead atoms. The van der Waals surface area contributed by atoms with Crippen molar-refractivity contribution in [1.29, 1.82) is 0 Å². The molecule has 0 amide bonds. The molecule has 0 saturated heterocycles. The van der Waals surface area contributed by atoms with Crippen molar-refractivity contribution in [2.24, 2.45) is 0 Å². The normalized spacial score (nSPS) is 16.2. The van der Waals surface area contributed by atoms with Crippen LogP contribution in [0.5, 0.6) is 0 Å². The summed E-state index contributed by atoms with van der Waals surface area (Å²) in [6, 6.07) is 0. The minimum Gasteiger partial charge on any atom is -0.313 e. The third-order valence-corrected chi connectivity index (χ3v) is 1.84. The molecule has 1 N–H and O–H groups in total. The molecule has 0 aromatic heterocycles. The molecule has 0 unspecified atom stereocenters. The fourth-order valence-corrected chi connectivity index (χ4v) is 1.16. The van der Waals surface area contributed by atoms with Gasteiger partial charge in [-0.25, -0.2) is 0 Å². The summed E-state index contributed by atoms with van der Waals surface area (Å²) in [5, 5.41) is 3.29. The summed E-state index contributed by atoms with van der Waals surface area (Å²) >= 11 is 0. The molecule has 0 radical (unpaired) electrons. The lowest BCUT2D eigenvalue weighted by Crippen LogP contribution is -2.24. The lowest BCUT2D eigenvalue weighted by molar-refractivity contribution is 0.719. The first-order chi connectivity index (χ1) is 5.30. The van der Waals surface area contributed by atoms with Gasteiger partial charge in [-0.3, -0.25) is 0 Å². The summed E-state index contributed by atoms with van der Waals surface area (Å²) < 4.78 is 0. The average molecular weight is 153 g/mol. The molecular formula is C9H20BN. The highest BCUT2D eigenvalue weighted by Gasteiger charge is 2.07. The minimum atomic E-state index is 0.757. The van der Waals surface area contributed by atoms with Crippen molar-refractivity contribution in [2.45, 2.75) is 33.9 Å². The molecule has 0 aromatic carbocycles. The first-order valence-corrected chi connectivity index (χ1v) is 4.70. The van der Waals surface area contributed by atoms with Crippen LogP contribution in [0.15, 0.2) is 11.5 Å². The Kier molecular flexibility index (Phi) is 6.34. The molecule has 1 rings (SSSR count). The van der Waals surface area contributed by atoms with E-state index in [2.05, 4.69) is 25.0 Å². The molecule has 1 aliphatic rings. The van der Waals surface area contributed by atoms with Gasteiger partial charge in [0.2, 0.25) is 0 Å². The van der Waals surface area contributed by atoms with Crippen LogP contribution < -0.4 is 5.32 Å². The molecule has 0 fully saturated rings. The van der Waals surface area contributed by atoms with E-state index < -0.39 is 0 Å². The van der Waals surface area contributed by atoms with E-state index in [4.69, 9.17) is 0 Å². The van der Waals surface area contributed by atoms with Gasteiger partial charge in [-0.2, -0.15) is 0 Å². The molecule has 0 aromatic rings. The second kappa shape index (κ2) is 6.47. The van der Waals surface area contributed by atoms with E-state index in [0.29, 0.717) is 0 Å². The van der Waals surface area contributed by atoms with Crippen LogP contribution in [0.25, 0.3) is 0 Å². The molecule has 11 heavy (non-hydrogen) atoms. The van der Waals surface area contributed by atoms with Crippen molar-refractivity contribution in [3.05, 3.63) is 11.5 Å². The number of hydrogen-bond acceptors (Lipinski definition) is 1. The number of hydrogen-bond donors (Lipinski definition) is 1. The highest BCUT2D eigenvalue weighted by molar-refractivity contribution is 6.64. The van der Waals surface area contributed by atoms with Gasteiger partial charge in [0, 0.05) is 6.54 Å². The highest BCUT2D eigenvalue weighted by Crippen LogP contribution is 2.07. The molecule has 0 atom stereocenters.